The van der Waals surface area contributed by atoms with E-state index in [1.807, 2.05) is 26.0 Å². The molecule has 0 saturated carbocycles. The molecule has 1 aliphatic heterocycles. The van der Waals surface area contributed by atoms with Crippen LogP contribution in [0, 0.1) is 11.7 Å². The number of halogens is 1. The van der Waals surface area contributed by atoms with Crippen molar-refractivity contribution in [1.82, 2.24) is 15.5 Å². The average molecular weight is 385 g/mol. The third kappa shape index (κ3) is 5.00. The maximum atomic E-state index is 13.2. The van der Waals surface area contributed by atoms with Crippen molar-refractivity contribution in [3.8, 4) is 11.5 Å². The van der Waals surface area contributed by atoms with Crippen LogP contribution in [0.15, 0.2) is 48.5 Å². The van der Waals surface area contributed by atoms with Gasteiger partial charge in [0.15, 0.2) is 0 Å². The molecule has 148 valence electrons. The number of ether oxygens (including phenoxy) is 1. The summed E-state index contributed by atoms with van der Waals surface area (Å²) in [5.74, 6) is 0.733. The number of amides is 3. The quantitative estimate of drug-likeness (QED) is 0.830. The van der Waals surface area contributed by atoms with Crippen molar-refractivity contribution >= 4 is 11.9 Å². The summed E-state index contributed by atoms with van der Waals surface area (Å²) in [4.78, 5) is 25.8. The van der Waals surface area contributed by atoms with E-state index in [2.05, 4.69) is 10.6 Å². The van der Waals surface area contributed by atoms with Crippen LogP contribution in [0.3, 0.4) is 0 Å². The molecule has 0 aliphatic carbocycles. The Morgan fingerprint density at radius 1 is 1.25 bits per heavy atom. The highest BCUT2D eigenvalue weighted by molar-refractivity contribution is 5.85. The lowest BCUT2D eigenvalue weighted by molar-refractivity contribution is -0.124. The molecule has 7 heteroatoms. The second-order valence-electron chi connectivity index (χ2n) is 7.11. The van der Waals surface area contributed by atoms with Gasteiger partial charge in [-0.2, -0.15) is 0 Å². The van der Waals surface area contributed by atoms with Gasteiger partial charge >= 0.3 is 6.03 Å². The maximum absolute atomic E-state index is 13.2. The molecule has 6 nitrogen and oxygen atoms in total. The Morgan fingerprint density at radius 3 is 2.68 bits per heavy atom. The van der Waals surface area contributed by atoms with Crippen LogP contribution in [0.1, 0.15) is 19.4 Å². The summed E-state index contributed by atoms with van der Waals surface area (Å²) in [7, 11) is 0. The van der Waals surface area contributed by atoms with Crippen molar-refractivity contribution in [3.63, 3.8) is 0 Å². The Balaban J connectivity index is 1.56. The van der Waals surface area contributed by atoms with Crippen molar-refractivity contribution in [1.29, 1.82) is 0 Å². The molecule has 28 heavy (non-hydrogen) atoms. The van der Waals surface area contributed by atoms with Crippen LogP contribution in [-0.4, -0.2) is 36.0 Å². The van der Waals surface area contributed by atoms with Gasteiger partial charge in [-0.1, -0.05) is 32.0 Å². The average Bonchev–Trinajstić information content (AvgIpc) is 2.67. The molecule has 1 aliphatic rings. The van der Waals surface area contributed by atoms with E-state index in [4.69, 9.17) is 4.74 Å². The number of piperazine rings is 1. The Morgan fingerprint density at radius 2 is 2.00 bits per heavy atom. The second-order valence-corrected chi connectivity index (χ2v) is 7.11. The van der Waals surface area contributed by atoms with Gasteiger partial charge in [0.2, 0.25) is 5.91 Å². The van der Waals surface area contributed by atoms with E-state index in [1.54, 1.807) is 29.2 Å². The molecule has 2 N–H and O–H groups in total. The number of nitrogens with zero attached hydrogens (tertiary/aromatic N) is 1. The van der Waals surface area contributed by atoms with Gasteiger partial charge in [-0.25, -0.2) is 9.18 Å². The minimum absolute atomic E-state index is 0.0280. The molecule has 1 saturated heterocycles. The highest BCUT2D eigenvalue weighted by atomic mass is 19.1. The third-order valence-corrected chi connectivity index (χ3v) is 4.65. The van der Waals surface area contributed by atoms with E-state index in [-0.39, 0.29) is 36.3 Å². The molecule has 2 aromatic carbocycles. The van der Waals surface area contributed by atoms with Crippen molar-refractivity contribution in [2.75, 3.05) is 13.1 Å². The second kappa shape index (κ2) is 8.73. The number of nitrogens with one attached hydrogen (secondary N) is 2. The van der Waals surface area contributed by atoms with Gasteiger partial charge in [0.25, 0.3) is 0 Å². The summed E-state index contributed by atoms with van der Waals surface area (Å²) in [5, 5.41) is 5.67. The largest absolute Gasteiger partial charge is 0.457 e. The van der Waals surface area contributed by atoms with E-state index < -0.39 is 0 Å². The zero-order valence-corrected chi connectivity index (χ0v) is 15.9. The molecule has 1 fully saturated rings. The standard InChI is InChI=1S/C21H24FN3O3/c1-14(2)19-12-23-20(26)13-25(19)21(27)24-11-15-6-8-17(9-7-15)28-18-5-3-4-16(22)10-18/h3-10,14,19H,11-13H2,1-2H3,(H,23,26)(H,24,27). The van der Waals surface area contributed by atoms with Gasteiger partial charge in [-0.05, 0) is 35.7 Å². The van der Waals surface area contributed by atoms with Gasteiger partial charge in [0.05, 0.1) is 6.04 Å². The van der Waals surface area contributed by atoms with Gasteiger partial charge < -0.3 is 20.3 Å². The topological polar surface area (TPSA) is 70.7 Å². The number of hydrogen-bond acceptors (Lipinski definition) is 3. The monoisotopic (exact) mass is 385 g/mol. The first kappa shape index (κ1) is 19.7. The smallest absolute Gasteiger partial charge is 0.318 e. The molecule has 0 spiro atoms. The molecular weight excluding hydrogens is 361 g/mol. The Kier molecular flexibility index (Phi) is 6.13. The van der Waals surface area contributed by atoms with E-state index in [9.17, 15) is 14.0 Å². The molecule has 1 atom stereocenters. The fraction of sp³-hybridized carbons (Fsp3) is 0.333. The molecule has 0 radical (unpaired) electrons. The van der Waals surface area contributed by atoms with E-state index in [0.717, 1.165) is 5.56 Å². The van der Waals surface area contributed by atoms with Crippen LogP contribution >= 0.6 is 0 Å². The number of hydrogen-bond donors (Lipinski definition) is 2. The Hall–Kier alpha value is -3.09. The number of benzene rings is 2. The van der Waals surface area contributed by atoms with E-state index in [0.29, 0.717) is 24.6 Å². The van der Waals surface area contributed by atoms with Crippen LogP contribution in [0.5, 0.6) is 11.5 Å². The van der Waals surface area contributed by atoms with E-state index in [1.165, 1.54) is 12.1 Å². The predicted octanol–water partition coefficient (Wildman–Crippen LogP) is 3.28. The maximum Gasteiger partial charge on any atom is 0.318 e. The van der Waals surface area contributed by atoms with Gasteiger partial charge in [-0.3, -0.25) is 4.79 Å². The van der Waals surface area contributed by atoms with E-state index >= 15 is 0 Å². The molecular formula is C21H24FN3O3. The SMILES string of the molecule is CC(C)C1CNC(=O)CN1C(=O)NCc1ccc(Oc2cccc(F)c2)cc1. The first-order valence-corrected chi connectivity index (χ1v) is 9.26. The molecule has 3 rings (SSSR count). The lowest BCUT2D eigenvalue weighted by atomic mass is 10.0. The summed E-state index contributed by atoms with van der Waals surface area (Å²) in [6, 6.07) is 12.8. The summed E-state index contributed by atoms with van der Waals surface area (Å²) in [6.07, 6.45) is 0. The first-order chi connectivity index (χ1) is 13.4. The van der Waals surface area contributed by atoms with Gasteiger partial charge in [-0.15, -0.1) is 0 Å². The predicted molar refractivity (Wildman–Crippen MR) is 103 cm³/mol. The van der Waals surface area contributed by atoms with Crippen LogP contribution in [0.25, 0.3) is 0 Å². The van der Waals surface area contributed by atoms with Crippen molar-refractivity contribution < 1.29 is 18.7 Å². The molecule has 0 aromatic heterocycles. The number of carbonyl (C=O) groups excluding carboxylic acids is 2. The zero-order valence-electron chi connectivity index (χ0n) is 15.9. The summed E-state index contributed by atoms with van der Waals surface area (Å²) in [6.45, 7) is 4.92. The lowest BCUT2D eigenvalue weighted by Crippen LogP contribution is -2.60. The summed E-state index contributed by atoms with van der Waals surface area (Å²) in [5.41, 5.74) is 0.891. The molecule has 0 bridgehead atoms. The Labute approximate surface area is 163 Å². The number of rotatable bonds is 5. The number of urea groups is 1. The Bertz CT molecular complexity index is 839. The van der Waals surface area contributed by atoms with Crippen LogP contribution < -0.4 is 15.4 Å². The zero-order chi connectivity index (χ0) is 20.1. The molecule has 1 heterocycles. The minimum atomic E-state index is -0.358. The van der Waals surface area contributed by atoms with Crippen LogP contribution in [0.4, 0.5) is 9.18 Å². The van der Waals surface area contributed by atoms with Gasteiger partial charge in [0.1, 0.15) is 23.9 Å². The van der Waals surface area contributed by atoms with Crippen molar-refractivity contribution in [3.05, 3.63) is 59.9 Å². The fourth-order valence-electron chi connectivity index (χ4n) is 3.10. The number of carbonyl (C=O) groups is 2. The fourth-order valence-corrected chi connectivity index (χ4v) is 3.10. The molecule has 3 amide bonds. The van der Waals surface area contributed by atoms with Crippen LogP contribution in [-0.2, 0) is 11.3 Å². The van der Waals surface area contributed by atoms with Crippen molar-refractivity contribution in [2.24, 2.45) is 5.92 Å². The highest BCUT2D eigenvalue weighted by Gasteiger charge is 2.32. The van der Waals surface area contributed by atoms with Crippen molar-refractivity contribution in [2.45, 2.75) is 26.4 Å². The molecule has 2 aromatic rings. The summed E-state index contributed by atoms with van der Waals surface area (Å²) >= 11 is 0. The normalized spacial score (nSPS) is 16.6. The van der Waals surface area contributed by atoms with Crippen LogP contribution in [0.2, 0.25) is 0 Å². The highest BCUT2D eigenvalue weighted by Crippen LogP contribution is 2.22. The lowest BCUT2D eigenvalue weighted by Gasteiger charge is -2.37. The summed E-state index contributed by atoms with van der Waals surface area (Å²) < 4.78 is 18.8. The first-order valence-electron chi connectivity index (χ1n) is 9.26. The minimum Gasteiger partial charge on any atom is -0.457 e. The molecule has 1 unspecified atom stereocenters. The third-order valence-electron chi connectivity index (χ3n) is 4.65. The van der Waals surface area contributed by atoms with Gasteiger partial charge in [0, 0.05) is 19.2 Å².